The molecule has 6 heteroatoms. The van der Waals surface area contributed by atoms with Gasteiger partial charge in [0.2, 0.25) is 0 Å². The van der Waals surface area contributed by atoms with Crippen LogP contribution in [0.3, 0.4) is 0 Å². The van der Waals surface area contributed by atoms with Crippen molar-refractivity contribution in [3.05, 3.63) is 23.9 Å². The Balaban J connectivity index is 2.18. The van der Waals surface area contributed by atoms with Crippen molar-refractivity contribution >= 4 is 22.6 Å². The van der Waals surface area contributed by atoms with Crippen LogP contribution in [0.5, 0.6) is 0 Å². The molecule has 2 atom stereocenters. The summed E-state index contributed by atoms with van der Waals surface area (Å²) in [6.45, 7) is 3.41. The molecule has 1 aliphatic heterocycles. The second-order valence-electron chi connectivity index (χ2n) is 4.36. The Kier molecular flexibility index (Phi) is 3.96. The summed E-state index contributed by atoms with van der Waals surface area (Å²) in [5.74, 6) is 0.241. The molecule has 98 valence electrons. The minimum Gasteiger partial charge on any atom is -0.477 e. The molecule has 0 radical (unpaired) electrons. The number of nitrogens with zero attached hydrogens (tertiary/aromatic N) is 2. The number of rotatable bonds is 2. The fraction of sp³-hybridized carbons (Fsp3) is 0.500. The molecule has 1 aromatic heterocycles. The Hall–Kier alpha value is -1.43. The van der Waals surface area contributed by atoms with Crippen LogP contribution < -0.4 is 4.90 Å². The SMILES string of the molecule is CC1CCN(c2cccc(C(=O)O)n2)CCS1=O. The predicted octanol–water partition coefficient (Wildman–Crippen LogP) is 1.13. The van der Waals surface area contributed by atoms with Crippen molar-refractivity contribution in [1.82, 2.24) is 4.98 Å². The molecule has 2 rings (SSSR count). The van der Waals surface area contributed by atoms with Crippen LogP contribution in [-0.2, 0) is 10.8 Å². The zero-order chi connectivity index (χ0) is 13.1. The van der Waals surface area contributed by atoms with E-state index >= 15 is 0 Å². The first-order valence-electron chi connectivity index (χ1n) is 5.90. The number of aromatic nitrogens is 1. The summed E-state index contributed by atoms with van der Waals surface area (Å²) in [6, 6.07) is 4.97. The summed E-state index contributed by atoms with van der Waals surface area (Å²) in [5, 5.41) is 9.11. The minimum absolute atomic E-state index is 0.0471. The molecular formula is C12H16N2O3S. The molecule has 2 heterocycles. The molecule has 1 fully saturated rings. The molecule has 5 nitrogen and oxygen atoms in total. The van der Waals surface area contributed by atoms with Crippen molar-refractivity contribution in [2.24, 2.45) is 0 Å². The maximum atomic E-state index is 11.7. The van der Waals surface area contributed by atoms with Gasteiger partial charge in [-0.25, -0.2) is 9.78 Å². The molecule has 1 saturated heterocycles. The summed E-state index contributed by atoms with van der Waals surface area (Å²) in [7, 11) is -0.797. The molecule has 0 spiro atoms. The van der Waals surface area contributed by atoms with Gasteiger partial charge in [0.25, 0.3) is 0 Å². The molecule has 1 aromatic rings. The highest BCUT2D eigenvalue weighted by molar-refractivity contribution is 7.85. The number of carbonyl (C=O) groups is 1. The van der Waals surface area contributed by atoms with E-state index in [4.69, 9.17) is 5.11 Å². The molecule has 1 aliphatic rings. The van der Waals surface area contributed by atoms with Crippen LogP contribution >= 0.6 is 0 Å². The highest BCUT2D eigenvalue weighted by atomic mass is 32.2. The summed E-state index contributed by atoms with van der Waals surface area (Å²) in [4.78, 5) is 17.0. The molecule has 18 heavy (non-hydrogen) atoms. The van der Waals surface area contributed by atoms with Crippen LogP contribution in [0.15, 0.2) is 18.2 Å². The van der Waals surface area contributed by atoms with Crippen molar-refractivity contribution in [3.8, 4) is 0 Å². The van der Waals surface area contributed by atoms with Gasteiger partial charge in [-0.2, -0.15) is 0 Å². The van der Waals surface area contributed by atoms with Crippen molar-refractivity contribution in [2.75, 3.05) is 23.7 Å². The van der Waals surface area contributed by atoms with Crippen LogP contribution in [0.25, 0.3) is 0 Å². The van der Waals surface area contributed by atoms with E-state index in [1.165, 1.54) is 6.07 Å². The standard InChI is InChI=1S/C12H16N2O3S/c1-9-5-6-14(7-8-18(9)17)11-4-2-3-10(13-11)12(15)16/h2-4,9H,5-8H2,1H3,(H,15,16). The van der Waals surface area contributed by atoms with E-state index in [0.717, 1.165) is 13.0 Å². The average Bonchev–Trinajstić information content (AvgIpc) is 2.53. The van der Waals surface area contributed by atoms with Gasteiger partial charge in [-0.15, -0.1) is 0 Å². The molecule has 0 saturated carbocycles. The monoisotopic (exact) mass is 268 g/mol. The number of hydrogen-bond acceptors (Lipinski definition) is 4. The molecule has 0 aromatic carbocycles. The van der Waals surface area contributed by atoms with Crippen molar-refractivity contribution in [3.63, 3.8) is 0 Å². The van der Waals surface area contributed by atoms with Gasteiger partial charge in [0, 0.05) is 34.9 Å². The molecule has 1 N–H and O–H groups in total. The maximum absolute atomic E-state index is 11.7. The number of aromatic carboxylic acids is 1. The summed E-state index contributed by atoms with van der Waals surface area (Å²) < 4.78 is 11.7. The lowest BCUT2D eigenvalue weighted by Gasteiger charge is -2.21. The van der Waals surface area contributed by atoms with Gasteiger partial charge in [-0.05, 0) is 18.6 Å². The van der Waals surface area contributed by atoms with E-state index < -0.39 is 16.8 Å². The third-order valence-electron chi connectivity index (χ3n) is 3.09. The Morgan fingerprint density at radius 3 is 3.00 bits per heavy atom. The van der Waals surface area contributed by atoms with E-state index in [2.05, 4.69) is 4.98 Å². The van der Waals surface area contributed by atoms with Crippen LogP contribution in [0, 0.1) is 0 Å². The van der Waals surface area contributed by atoms with Gasteiger partial charge in [-0.1, -0.05) is 13.0 Å². The normalized spacial score (nSPS) is 24.6. The van der Waals surface area contributed by atoms with Crippen LogP contribution in [0.1, 0.15) is 23.8 Å². The van der Waals surface area contributed by atoms with Crippen molar-refractivity contribution < 1.29 is 14.1 Å². The molecule has 0 bridgehead atoms. The topological polar surface area (TPSA) is 70.5 Å². The lowest BCUT2D eigenvalue weighted by molar-refractivity contribution is 0.0690. The van der Waals surface area contributed by atoms with Crippen LogP contribution in [0.2, 0.25) is 0 Å². The van der Waals surface area contributed by atoms with Crippen molar-refractivity contribution in [2.45, 2.75) is 18.6 Å². The van der Waals surface area contributed by atoms with Gasteiger partial charge >= 0.3 is 5.97 Å². The smallest absolute Gasteiger partial charge is 0.354 e. The van der Waals surface area contributed by atoms with Gasteiger partial charge in [0.15, 0.2) is 5.69 Å². The van der Waals surface area contributed by atoms with Gasteiger partial charge < -0.3 is 10.0 Å². The largest absolute Gasteiger partial charge is 0.477 e. The quantitative estimate of drug-likeness (QED) is 0.870. The molecule has 0 aliphatic carbocycles. The molecule has 2 unspecified atom stereocenters. The lowest BCUT2D eigenvalue weighted by Crippen LogP contribution is -2.27. The zero-order valence-electron chi connectivity index (χ0n) is 10.2. The highest BCUT2D eigenvalue weighted by Gasteiger charge is 2.20. The minimum atomic E-state index is -1.02. The van der Waals surface area contributed by atoms with E-state index in [1.807, 2.05) is 11.8 Å². The Morgan fingerprint density at radius 2 is 2.28 bits per heavy atom. The first-order chi connectivity index (χ1) is 8.58. The van der Waals surface area contributed by atoms with E-state index in [-0.39, 0.29) is 10.9 Å². The number of pyridine rings is 1. The number of hydrogen-bond donors (Lipinski definition) is 1. The van der Waals surface area contributed by atoms with Gasteiger partial charge in [-0.3, -0.25) is 4.21 Å². The number of carboxylic acids is 1. The summed E-state index contributed by atoms with van der Waals surface area (Å²) in [6.07, 6.45) is 0.839. The Morgan fingerprint density at radius 1 is 1.50 bits per heavy atom. The van der Waals surface area contributed by atoms with Crippen LogP contribution in [-0.4, -0.2) is 44.4 Å². The van der Waals surface area contributed by atoms with Crippen molar-refractivity contribution in [1.29, 1.82) is 0 Å². The zero-order valence-corrected chi connectivity index (χ0v) is 11.0. The van der Waals surface area contributed by atoms with Gasteiger partial charge in [0.05, 0.1) is 0 Å². The fourth-order valence-corrected chi connectivity index (χ4v) is 3.10. The molecular weight excluding hydrogens is 252 g/mol. The third-order valence-corrected chi connectivity index (χ3v) is 4.81. The number of anilines is 1. The van der Waals surface area contributed by atoms with Crippen LogP contribution in [0.4, 0.5) is 5.82 Å². The second kappa shape index (κ2) is 5.48. The first kappa shape index (κ1) is 13.0. The Bertz CT molecular complexity index is 478. The van der Waals surface area contributed by atoms with E-state index in [9.17, 15) is 9.00 Å². The lowest BCUT2D eigenvalue weighted by atomic mass is 10.3. The Labute approximate surface area is 108 Å². The first-order valence-corrected chi connectivity index (χ1v) is 7.28. The molecule has 0 amide bonds. The summed E-state index contributed by atoms with van der Waals surface area (Å²) >= 11 is 0. The highest BCUT2D eigenvalue weighted by Crippen LogP contribution is 2.17. The fourth-order valence-electron chi connectivity index (χ4n) is 1.93. The van der Waals surface area contributed by atoms with E-state index in [1.54, 1.807) is 12.1 Å². The third kappa shape index (κ3) is 2.87. The predicted molar refractivity (Wildman–Crippen MR) is 70.5 cm³/mol. The van der Waals surface area contributed by atoms with Gasteiger partial charge in [0.1, 0.15) is 5.82 Å². The average molecular weight is 268 g/mol. The second-order valence-corrected chi connectivity index (χ2v) is 6.33. The van der Waals surface area contributed by atoms with E-state index in [0.29, 0.717) is 18.1 Å². The number of carboxylic acid groups (broad SMARTS) is 1. The maximum Gasteiger partial charge on any atom is 0.354 e. The summed E-state index contributed by atoms with van der Waals surface area (Å²) in [5.41, 5.74) is 0.0471.